The van der Waals surface area contributed by atoms with Gasteiger partial charge in [0.25, 0.3) is 0 Å². The molecule has 0 saturated heterocycles. The van der Waals surface area contributed by atoms with E-state index in [2.05, 4.69) is 4.74 Å². The Labute approximate surface area is 101 Å². The molecule has 1 unspecified atom stereocenters. The van der Waals surface area contributed by atoms with Crippen molar-refractivity contribution in [2.45, 2.75) is 53.8 Å². The van der Waals surface area contributed by atoms with E-state index in [-0.39, 0.29) is 5.78 Å². The molecule has 5 nitrogen and oxygen atoms in total. The first kappa shape index (κ1) is 15.6. The van der Waals surface area contributed by atoms with Crippen molar-refractivity contribution in [3.8, 4) is 0 Å². The first-order valence-corrected chi connectivity index (χ1v) is 5.63. The summed E-state index contributed by atoms with van der Waals surface area (Å²) in [6.45, 7) is 7.53. The summed E-state index contributed by atoms with van der Waals surface area (Å²) < 4.78 is 9.55. The Morgan fingerprint density at radius 1 is 1.18 bits per heavy atom. The molecule has 0 heterocycles. The highest BCUT2D eigenvalue weighted by molar-refractivity contribution is 6.02. The van der Waals surface area contributed by atoms with Gasteiger partial charge in [-0.1, -0.05) is 6.92 Å². The molecule has 0 bridgehead atoms. The lowest BCUT2D eigenvalue weighted by Gasteiger charge is -2.23. The fourth-order valence-corrected chi connectivity index (χ4v) is 1.21. The monoisotopic (exact) mass is 244 g/mol. The summed E-state index contributed by atoms with van der Waals surface area (Å²) in [7, 11) is 0. The molecule has 1 atom stereocenters. The molecule has 0 spiro atoms. The van der Waals surface area contributed by atoms with Gasteiger partial charge in [0.1, 0.15) is 11.2 Å². The third-order valence-electron chi connectivity index (χ3n) is 2.29. The van der Waals surface area contributed by atoms with Crippen molar-refractivity contribution >= 4 is 17.7 Å². The Balaban J connectivity index is 4.48. The second kappa shape index (κ2) is 6.37. The molecule has 0 aliphatic heterocycles. The molecule has 0 aromatic carbocycles. The molecule has 0 aliphatic rings. The minimum absolute atomic E-state index is 0.181. The number of carbonyl (C=O) groups is 3. The van der Waals surface area contributed by atoms with Gasteiger partial charge in [-0.25, -0.2) is 0 Å². The van der Waals surface area contributed by atoms with E-state index in [1.165, 1.54) is 27.7 Å². The van der Waals surface area contributed by atoms with Crippen molar-refractivity contribution in [2.24, 2.45) is 5.41 Å². The molecule has 17 heavy (non-hydrogen) atoms. The van der Waals surface area contributed by atoms with Crippen molar-refractivity contribution in [1.82, 2.24) is 0 Å². The maximum Gasteiger partial charge on any atom is 0.322 e. The van der Waals surface area contributed by atoms with Crippen LogP contribution in [0.15, 0.2) is 0 Å². The predicted molar refractivity (Wildman–Crippen MR) is 61.0 cm³/mol. The SMILES string of the molecule is CCCC(=O)C(C)(C)C(=O)OC(C)OC(C)=O. The van der Waals surface area contributed by atoms with Crippen molar-refractivity contribution in [3.63, 3.8) is 0 Å². The average Bonchev–Trinajstić information content (AvgIpc) is 2.16. The van der Waals surface area contributed by atoms with E-state index in [0.717, 1.165) is 0 Å². The van der Waals surface area contributed by atoms with Gasteiger partial charge in [-0.3, -0.25) is 14.4 Å². The van der Waals surface area contributed by atoms with Gasteiger partial charge in [-0.05, 0) is 20.3 Å². The summed E-state index contributed by atoms with van der Waals surface area (Å²) >= 11 is 0. The average molecular weight is 244 g/mol. The van der Waals surface area contributed by atoms with Crippen LogP contribution in [0.2, 0.25) is 0 Å². The van der Waals surface area contributed by atoms with Gasteiger partial charge in [0.15, 0.2) is 0 Å². The highest BCUT2D eigenvalue weighted by Crippen LogP contribution is 2.22. The standard InChI is InChI=1S/C12H20O5/c1-6-7-10(14)12(4,5)11(15)17-9(3)16-8(2)13/h9H,6-7H2,1-5H3. The summed E-state index contributed by atoms with van der Waals surface area (Å²) in [5.41, 5.74) is -1.20. The van der Waals surface area contributed by atoms with Gasteiger partial charge in [-0.15, -0.1) is 0 Å². The topological polar surface area (TPSA) is 69.7 Å². The lowest BCUT2D eigenvalue weighted by Crippen LogP contribution is -2.37. The molecule has 0 N–H and O–H groups in total. The highest BCUT2D eigenvalue weighted by atomic mass is 16.7. The predicted octanol–water partition coefficient (Wildman–Crippen LogP) is 1.83. The second-order valence-electron chi connectivity index (χ2n) is 4.38. The van der Waals surface area contributed by atoms with Crippen molar-refractivity contribution in [1.29, 1.82) is 0 Å². The van der Waals surface area contributed by atoms with E-state index in [0.29, 0.717) is 12.8 Å². The molecule has 0 aromatic rings. The summed E-state index contributed by atoms with van der Waals surface area (Å²) in [4.78, 5) is 34.1. The molecule has 0 aliphatic carbocycles. The Morgan fingerprint density at radius 3 is 2.12 bits per heavy atom. The van der Waals surface area contributed by atoms with Crippen LogP contribution in [0.3, 0.4) is 0 Å². The lowest BCUT2D eigenvalue weighted by molar-refractivity contribution is -0.189. The summed E-state index contributed by atoms with van der Waals surface area (Å²) in [6, 6.07) is 0. The number of ether oxygens (including phenoxy) is 2. The number of esters is 2. The van der Waals surface area contributed by atoms with Gasteiger partial charge in [0, 0.05) is 20.3 Å². The summed E-state index contributed by atoms with van der Waals surface area (Å²) in [6.07, 6.45) is 0.0210. The van der Waals surface area contributed by atoms with E-state index >= 15 is 0 Å². The van der Waals surface area contributed by atoms with Crippen molar-refractivity contribution in [3.05, 3.63) is 0 Å². The van der Waals surface area contributed by atoms with E-state index in [4.69, 9.17) is 4.74 Å². The highest BCUT2D eigenvalue weighted by Gasteiger charge is 2.37. The molecule has 5 heteroatoms. The van der Waals surface area contributed by atoms with Crippen molar-refractivity contribution in [2.75, 3.05) is 0 Å². The number of carbonyl (C=O) groups excluding carboxylic acids is 3. The fraction of sp³-hybridized carbons (Fsp3) is 0.750. The summed E-state index contributed by atoms with van der Waals surface area (Å²) in [5.74, 6) is -1.40. The van der Waals surface area contributed by atoms with Gasteiger partial charge >= 0.3 is 11.9 Å². The van der Waals surface area contributed by atoms with Crippen LogP contribution >= 0.6 is 0 Å². The zero-order valence-corrected chi connectivity index (χ0v) is 11.0. The minimum Gasteiger partial charge on any atom is -0.426 e. The minimum atomic E-state index is -1.20. The van der Waals surface area contributed by atoms with Gasteiger partial charge in [0.05, 0.1) is 0 Å². The summed E-state index contributed by atoms with van der Waals surface area (Å²) in [5, 5.41) is 0. The van der Waals surface area contributed by atoms with Crippen LogP contribution in [0.4, 0.5) is 0 Å². The van der Waals surface area contributed by atoms with Gasteiger partial charge < -0.3 is 9.47 Å². The first-order chi connectivity index (χ1) is 7.71. The molecular weight excluding hydrogens is 224 g/mol. The molecular formula is C12H20O5. The van der Waals surface area contributed by atoms with E-state index in [1.54, 1.807) is 0 Å². The normalized spacial score (nSPS) is 12.8. The first-order valence-electron chi connectivity index (χ1n) is 5.63. The third-order valence-corrected chi connectivity index (χ3v) is 2.29. The molecule has 0 aromatic heterocycles. The Hall–Kier alpha value is -1.39. The van der Waals surface area contributed by atoms with Crippen molar-refractivity contribution < 1.29 is 23.9 Å². The van der Waals surface area contributed by atoms with Crippen LogP contribution in [0.25, 0.3) is 0 Å². The zero-order chi connectivity index (χ0) is 13.6. The Morgan fingerprint density at radius 2 is 1.71 bits per heavy atom. The Bertz CT molecular complexity index is 306. The van der Waals surface area contributed by atoms with E-state index < -0.39 is 23.6 Å². The fourth-order valence-electron chi connectivity index (χ4n) is 1.21. The number of hydrogen-bond donors (Lipinski definition) is 0. The van der Waals surface area contributed by atoms with E-state index in [9.17, 15) is 14.4 Å². The maximum absolute atomic E-state index is 11.7. The number of rotatable bonds is 6. The maximum atomic E-state index is 11.7. The molecule has 98 valence electrons. The molecule has 0 fully saturated rings. The molecule has 0 rings (SSSR count). The van der Waals surface area contributed by atoms with Gasteiger partial charge in [-0.2, -0.15) is 0 Å². The Kier molecular flexibility index (Phi) is 5.85. The second-order valence-corrected chi connectivity index (χ2v) is 4.38. The van der Waals surface area contributed by atoms with E-state index in [1.807, 2.05) is 6.92 Å². The van der Waals surface area contributed by atoms with Crippen LogP contribution in [0, 0.1) is 5.41 Å². The van der Waals surface area contributed by atoms with Crippen LogP contribution in [0.5, 0.6) is 0 Å². The third kappa shape index (κ3) is 4.97. The van der Waals surface area contributed by atoms with Crippen LogP contribution in [-0.2, 0) is 23.9 Å². The van der Waals surface area contributed by atoms with Crippen LogP contribution < -0.4 is 0 Å². The molecule has 0 saturated carbocycles. The lowest BCUT2D eigenvalue weighted by atomic mass is 9.86. The number of Topliss-reactive ketones (excluding diaryl/α,β-unsaturated/α-hetero) is 1. The van der Waals surface area contributed by atoms with Crippen LogP contribution in [0.1, 0.15) is 47.5 Å². The number of hydrogen-bond acceptors (Lipinski definition) is 5. The van der Waals surface area contributed by atoms with Gasteiger partial charge in [0.2, 0.25) is 6.29 Å². The quantitative estimate of drug-likeness (QED) is 0.405. The molecule has 0 amide bonds. The van der Waals surface area contributed by atoms with Crippen LogP contribution in [-0.4, -0.2) is 24.0 Å². The molecule has 0 radical (unpaired) electrons. The number of ketones is 1. The smallest absolute Gasteiger partial charge is 0.322 e. The zero-order valence-electron chi connectivity index (χ0n) is 11.0. The largest absolute Gasteiger partial charge is 0.426 e.